The number of carbonyl (C=O) groups excluding carboxylic acids is 1. The summed E-state index contributed by atoms with van der Waals surface area (Å²) in [7, 11) is 0. The lowest BCUT2D eigenvalue weighted by Gasteiger charge is -2.35. The van der Waals surface area contributed by atoms with E-state index in [4.69, 9.17) is 5.73 Å². The third kappa shape index (κ3) is 3.46. The minimum atomic E-state index is 0. The molecule has 2 atom stereocenters. The molecular formula is C13H18BrClN2O. The van der Waals surface area contributed by atoms with Gasteiger partial charge < -0.3 is 10.6 Å². The Bertz CT molecular complexity index is 410. The van der Waals surface area contributed by atoms with Crippen molar-refractivity contribution < 1.29 is 4.79 Å². The van der Waals surface area contributed by atoms with Gasteiger partial charge in [0.1, 0.15) is 0 Å². The molecule has 2 rings (SSSR count). The van der Waals surface area contributed by atoms with Gasteiger partial charge in [0.15, 0.2) is 0 Å². The minimum absolute atomic E-state index is 0. The van der Waals surface area contributed by atoms with Crippen molar-refractivity contribution in [2.45, 2.75) is 19.4 Å². The first-order valence-corrected chi connectivity index (χ1v) is 6.67. The largest absolute Gasteiger partial charge is 0.338 e. The van der Waals surface area contributed by atoms with E-state index in [1.165, 1.54) is 0 Å². The molecule has 1 fully saturated rings. The molecule has 0 bridgehead atoms. The summed E-state index contributed by atoms with van der Waals surface area (Å²) in [5.41, 5.74) is 6.70. The maximum atomic E-state index is 12.2. The number of nitrogens with zero attached hydrogens (tertiary/aromatic N) is 1. The van der Waals surface area contributed by atoms with E-state index in [1.54, 1.807) is 0 Å². The van der Waals surface area contributed by atoms with Crippen molar-refractivity contribution in [3.63, 3.8) is 0 Å². The van der Waals surface area contributed by atoms with Crippen LogP contribution in [0, 0.1) is 5.92 Å². The SMILES string of the molecule is CC1CN(C(=O)c2ccc(Br)cc2)CCC1N.Cl. The lowest BCUT2D eigenvalue weighted by molar-refractivity contribution is 0.0664. The van der Waals surface area contributed by atoms with Gasteiger partial charge in [0.05, 0.1) is 0 Å². The molecule has 1 amide bonds. The maximum absolute atomic E-state index is 12.2. The number of piperidine rings is 1. The van der Waals surface area contributed by atoms with Crippen LogP contribution in [0.1, 0.15) is 23.7 Å². The monoisotopic (exact) mass is 332 g/mol. The highest BCUT2D eigenvalue weighted by molar-refractivity contribution is 9.10. The second kappa shape index (κ2) is 6.55. The van der Waals surface area contributed by atoms with Crippen molar-refractivity contribution in [2.24, 2.45) is 11.7 Å². The molecule has 0 saturated carbocycles. The fourth-order valence-corrected chi connectivity index (χ4v) is 2.39. The number of carbonyl (C=O) groups is 1. The Morgan fingerprint density at radius 3 is 2.56 bits per heavy atom. The Morgan fingerprint density at radius 2 is 2.00 bits per heavy atom. The first-order valence-electron chi connectivity index (χ1n) is 5.88. The van der Waals surface area contributed by atoms with E-state index < -0.39 is 0 Å². The summed E-state index contributed by atoms with van der Waals surface area (Å²) >= 11 is 3.37. The molecule has 1 aliphatic rings. The smallest absolute Gasteiger partial charge is 0.253 e. The van der Waals surface area contributed by atoms with E-state index in [1.807, 2.05) is 29.2 Å². The minimum Gasteiger partial charge on any atom is -0.338 e. The third-order valence-corrected chi connectivity index (χ3v) is 3.88. The normalized spacial score (nSPS) is 23.4. The van der Waals surface area contributed by atoms with E-state index in [2.05, 4.69) is 22.9 Å². The average molecular weight is 334 g/mol. The molecular weight excluding hydrogens is 316 g/mol. The number of rotatable bonds is 1. The summed E-state index contributed by atoms with van der Waals surface area (Å²) in [6, 6.07) is 7.72. The van der Waals surface area contributed by atoms with Crippen LogP contribution in [-0.4, -0.2) is 29.9 Å². The average Bonchev–Trinajstić information content (AvgIpc) is 2.33. The van der Waals surface area contributed by atoms with Gasteiger partial charge in [-0.15, -0.1) is 12.4 Å². The van der Waals surface area contributed by atoms with Crippen LogP contribution in [0.25, 0.3) is 0 Å². The molecule has 0 aromatic heterocycles. The van der Waals surface area contributed by atoms with Crippen LogP contribution in [0.15, 0.2) is 28.7 Å². The predicted molar refractivity (Wildman–Crippen MR) is 79.0 cm³/mol. The topological polar surface area (TPSA) is 46.3 Å². The molecule has 0 radical (unpaired) electrons. The van der Waals surface area contributed by atoms with Crippen molar-refractivity contribution in [1.82, 2.24) is 4.90 Å². The Hall–Kier alpha value is -0.580. The van der Waals surface area contributed by atoms with E-state index in [-0.39, 0.29) is 24.4 Å². The number of hydrogen-bond acceptors (Lipinski definition) is 2. The Labute approximate surface area is 122 Å². The zero-order valence-corrected chi connectivity index (χ0v) is 12.7. The molecule has 3 nitrogen and oxygen atoms in total. The number of likely N-dealkylation sites (tertiary alicyclic amines) is 1. The van der Waals surface area contributed by atoms with Gasteiger partial charge in [-0.2, -0.15) is 0 Å². The van der Waals surface area contributed by atoms with Gasteiger partial charge in [-0.05, 0) is 36.6 Å². The second-order valence-electron chi connectivity index (χ2n) is 4.69. The van der Waals surface area contributed by atoms with Gasteiger partial charge in [-0.3, -0.25) is 4.79 Å². The highest BCUT2D eigenvalue weighted by Gasteiger charge is 2.26. The number of hydrogen-bond donors (Lipinski definition) is 1. The number of halogens is 2. The molecule has 1 saturated heterocycles. The van der Waals surface area contributed by atoms with Crippen LogP contribution in [0.5, 0.6) is 0 Å². The van der Waals surface area contributed by atoms with E-state index in [0.717, 1.165) is 29.5 Å². The molecule has 2 unspecified atom stereocenters. The van der Waals surface area contributed by atoms with E-state index >= 15 is 0 Å². The highest BCUT2D eigenvalue weighted by atomic mass is 79.9. The first-order chi connectivity index (χ1) is 8.08. The van der Waals surface area contributed by atoms with Gasteiger partial charge in [0.25, 0.3) is 5.91 Å². The Balaban J connectivity index is 0.00000162. The molecule has 1 aliphatic heterocycles. The number of amides is 1. The molecule has 0 spiro atoms. The van der Waals surface area contributed by atoms with Crippen LogP contribution < -0.4 is 5.73 Å². The summed E-state index contributed by atoms with van der Waals surface area (Å²) in [4.78, 5) is 14.1. The second-order valence-corrected chi connectivity index (χ2v) is 5.60. The molecule has 1 heterocycles. The van der Waals surface area contributed by atoms with Gasteiger partial charge >= 0.3 is 0 Å². The summed E-state index contributed by atoms with van der Waals surface area (Å²) in [5.74, 6) is 0.486. The number of benzene rings is 1. The maximum Gasteiger partial charge on any atom is 0.253 e. The standard InChI is InChI=1S/C13H17BrN2O.ClH/c1-9-8-16(7-6-12(9)15)13(17)10-2-4-11(14)5-3-10;/h2-5,9,12H,6-8,15H2,1H3;1H. The van der Waals surface area contributed by atoms with Crippen LogP contribution in [0.2, 0.25) is 0 Å². The van der Waals surface area contributed by atoms with Crippen LogP contribution in [-0.2, 0) is 0 Å². The lowest BCUT2D eigenvalue weighted by Crippen LogP contribution is -2.48. The summed E-state index contributed by atoms with van der Waals surface area (Å²) in [6.07, 6.45) is 0.892. The van der Waals surface area contributed by atoms with E-state index in [9.17, 15) is 4.79 Å². The van der Waals surface area contributed by atoms with Crippen molar-refractivity contribution in [3.05, 3.63) is 34.3 Å². The molecule has 1 aromatic carbocycles. The molecule has 5 heteroatoms. The third-order valence-electron chi connectivity index (χ3n) is 3.35. The molecule has 1 aromatic rings. The molecule has 100 valence electrons. The predicted octanol–water partition coefficient (Wildman–Crippen LogP) is 2.68. The van der Waals surface area contributed by atoms with Crippen LogP contribution >= 0.6 is 28.3 Å². The summed E-state index contributed by atoms with van der Waals surface area (Å²) < 4.78 is 0.989. The van der Waals surface area contributed by atoms with Crippen molar-refractivity contribution in [2.75, 3.05) is 13.1 Å². The summed E-state index contributed by atoms with van der Waals surface area (Å²) in [6.45, 7) is 3.63. The van der Waals surface area contributed by atoms with Crippen molar-refractivity contribution in [1.29, 1.82) is 0 Å². The Kier molecular flexibility index (Phi) is 5.63. The Morgan fingerprint density at radius 1 is 1.39 bits per heavy atom. The van der Waals surface area contributed by atoms with Gasteiger partial charge in [0, 0.05) is 29.2 Å². The fourth-order valence-electron chi connectivity index (χ4n) is 2.12. The zero-order chi connectivity index (χ0) is 12.4. The van der Waals surface area contributed by atoms with Crippen LogP contribution in [0.3, 0.4) is 0 Å². The highest BCUT2D eigenvalue weighted by Crippen LogP contribution is 2.18. The van der Waals surface area contributed by atoms with Gasteiger partial charge in [-0.25, -0.2) is 0 Å². The van der Waals surface area contributed by atoms with E-state index in [0.29, 0.717) is 5.92 Å². The number of nitrogens with two attached hydrogens (primary N) is 1. The lowest BCUT2D eigenvalue weighted by atomic mass is 9.94. The van der Waals surface area contributed by atoms with Gasteiger partial charge in [0.2, 0.25) is 0 Å². The summed E-state index contributed by atoms with van der Waals surface area (Å²) in [5, 5.41) is 0. The van der Waals surface area contributed by atoms with Crippen molar-refractivity contribution >= 4 is 34.2 Å². The molecule has 0 aliphatic carbocycles. The molecule has 18 heavy (non-hydrogen) atoms. The zero-order valence-electron chi connectivity index (χ0n) is 10.3. The first kappa shape index (κ1) is 15.5. The molecule has 2 N–H and O–H groups in total. The van der Waals surface area contributed by atoms with Crippen molar-refractivity contribution in [3.8, 4) is 0 Å². The van der Waals surface area contributed by atoms with Gasteiger partial charge in [-0.1, -0.05) is 22.9 Å². The fraction of sp³-hybridized carbons (Fsp3) is 0.462. The van der Waals surface area contributed by atoms with Crippen LogP contribution in [0.4, 0.5) is 0 Å². The quantitative estimate of drug-likeness (QED) is 0.859.